The SMILES string of the molecule is COc1cccc([C@@H](C(=O)NCc2ccccc2)N(C(=O)Cn2nnc3ccccc32)c2ccccc2C)c1OC. The number of rotatable bonds is 10. The van der Waals surface area contributed by atoms with Crippen molar-refractivity contribution in [1.82, 2.24) is 20.3 Å². The highest BCUT2D eigenvalue weighted by Gasteiger charge is 2.36. The summed E-state index contributed by atoms with van der Waals surface area (Å²) >= 11 is 0. The molecule has 0 aliphatic carbocycles. The highest BCUT2D eigenvalue weighted by atomic mass is 16.5. The van der Waals surface area contributed by atoms with Crippen LogP contribution in [0.15, 0.2) is 97.1 Å². The number of carbonyl (C=O) groups is 2. The molecule has 0 unspecified atom stereocenters. The molecule has 0 aliphatic heterocycles. The molecule has 9 nitrogen and oxygen atoms in total. The third-order valence-corrected chi connectivity index (χ3v) is 6.89. The van der Waals surface area contributed by atoms with Gasteiger partial charge in [0.1, 0.15) is 18.1 Å². The summed E-state index contributed by atoms with van der Waals surface area (Å²) in [5, 5.41) is 11.5. The van der Waals surface area contributed by atoms with Crippen molar-refractivity contribution >= 4 is 28.5 Å². The molecule has 0 bridgehead atoms. The van der Waals surface area contributed by atoms with Crippen LogP contribution in [0, 0.1) is 6.92 Å². The predicted octanol–water partition coefficient (Wildman–Crippen LogP) is 4.85. The summed E-state index contributed by atoms with van der Waals surface area (Å²) in [4.78, 5) is 30.1. The topological polar surface area (TPSA) is 98.6 Å². The van der Waals surface area contributed by atoms with Gasteiger partial charge in [0.25, 0.3) is 0 Å². The van der Waals surface area contributed by atoms with E-state index < -0.39 is 6.04 Å². The number of para-hydroxylation sites is 3. The van der Waals surface area contributed by atoms with E-state index in [0.29, 0.717) is 28.3 Å². The Labute approximate surface area is 238 Å². The van der Waals surface area contributed by atoms with E-state index in [0.717, 1.165) is 16.6 Å². The minimum atomic E-state index is -1.09. The summed E-state index contributed by atoms with van der Waals surface area (Å²) in [5.41, 5.74) is 4.22. The van der Waals surface area contributed by atoms with Crippen molar-refractivity contribution in [3.8, 4) is 11.5 Å². The normalized spacial score (nSPS) is 11.6. The Morgan fingerprint density at radius 3 is 2.37 bits per heavy atom. The first-order chi connectivity index (χ1) is 20.0. The summed E-state index contributed by atoms with van der Waals surface area (Å²) in [7, 11) is 3.05. The lowest BCUT2D eigenvalue weighted by molar-refractivity contribution is -0.127. The molecule has 0 radical (unpaired) electrons. The van der Waals surface area contributed by atoms with E-state index in [1.807, 2.05) is 85.8 Å². The number of nitrogens with one attached hydrogen (secondary N) is 1. The van der Waals surface area contributed by atoms with Crippen molar-refractivity contribution in [2.24, 2.45) is 0 Å². The molecular weight excluding hydrogens is 518 g/mol. The van der Waals surface area contributed by atoms with Gasteiger partial charge in [0, 0.05) is 17.8 Å². The van der Waals surface area contributed by atoms with E-state index in [4.69, 9.17) is 9.47 Å². The molecule has 41 heavy (non-hydrogen) atoms. The van der Waals surface area contributed by atoms with Gasteiger partial charge in [-0.3, -0.25) is 14.5 Å². The van der Waals surface area contributed by atoms with Crippen LogP contribution in [-0.2, 0) is 22.7 Å². The molecule has 1 heterocycles. The summed E-state index contributed by atoms with van der Waals surface area (Å²) in [6.45, 7) is 2.05. The maximum atomic E-state index is 14.3. The highest BCUT2D eigenvalue weighted by Crippen LogP contribution is 2.40. The summed E-state index contributed by atoms with van der Waals surface area (Å²) in [5.74, 6) is 0.0953. The number of amides is 2. The monoisotopic (exact) mass is 549 g/mol. The molecular formula is C32H31N5O4. The first-order valence-corrected chi connectivity index (χ1v) is 13.2. The minimum Gasteiger partial charge on any atom is -0.493 e. The first kappa shape index (κ1) is 27.4. The van der Waals surface area contributed by atoms with E-state index in [2.05, 4.69) is 15.6 Å². The molecule has 5 aromatic rings. The third-order valence-electron chi connectivity index (χ3n) is 6.89. The van der Waals surface area contributed by atoms with Crippen molar-refractivity contribution < 1.29 is 19.1 Å². The van der Waals surface area contributed by atoms with Crippen LogP contribution >= 0.6 is 0 Å². The lowest BCUT2D eigenvalue weighted by Gasteiger charge is -2.33. The number of carbonyl (C=O) groups excluding carboxylic acids is 2. The van der Waals surface area contributed by atoms with Crippen molar-refractivity contribution in [3.05, 3.63) is 114 Å². The van der Waals surface area contributed by atoms with Crippen LogP contribution in [-0.4, -0.2) is 41.0 Å². The fraction of sp³-hybridized carbons (Fsp3) is 0.188. The summed E-state index contributed by atoms with van der Waals surface area (Å²) in [6.07, 6.45) is 0. The maximum Gasteiger partial charge on any atom is 0.249 e. The summed E-state index contributed by atoms with van der Waals surface area (Å²) in [6, 6.07) is 28.7. The number of hydrogen-bond donors (Lipinski definition) is 1. The number of aromatic nitrogens is 3. The smallest absolute Gasteiger partial charge is 0.249 e. The molecule has 0 fully saturated rings. The Kier molecular flexibility index (Phi) is 8.24. The molecule has 208 valence electrons. The van der Waals surface area contributed by atoms with Gasteiger partial charge in [-0.2, -0.15) is 0 Å². The Morgan fingerprint density at radius 2 is 1.61 bits per heavy atom. The van der Waals surface area contributed by atoms with Gasteiger partial charge in [0.15, 0.2) is 11.5 Å². The van der Waals surface area contributed by atoms with Gasteiger partial charge in [-0.25, -0.2) is 4.68 Å². The number of aryl methyl sites for hydroxylation is 1. The highest BCUT2D eigenvalue weighted by molar-refractivity contribution is 6.02. The van der Waals surface area contributed by atoms with E-state index in [1.165, 1.54) is 19.1 Å². The van der Waals surface area contributed by atoms with Crippen LogP contribution in [0.3, 0.4) is 0 Å². The second kappa shape index (κ2) is 12.3. The average Bonchev–Trinajstić information content (AvgIpc) is 3.41. The molecule has 0 aliphatic rings. The number of anilines is 1. The van der Waals surface area contributed by atoms with Gasteiger partial charge in [0.2, 0.25) is 11.8 Å². The van der Waals surface area contributed by atoms with E-state index in [1.54, 1.807) is 22.9 Å². The number of fused-ring (bicyclic) bond motifs is 1. The van der Waals surface area contributed by atoms with Crippen LogP contribution in [0.25, 0.3) is 11.0 Å². The predicted molar refractivity (Wildman–Crippen MR) is 157 cm³/mol. The summed E-state index contributed by atoms with van der Waals surface area (Å²) < 4.78 is 12.9. The Morgan fingerprint density at radius 1 is 0.878 bits per heavy atom. The quantitative estimate of drug-likeness (QED) is 0.268. The molecule has 0 spiro atoms. The number of ether oxygens (including phenoxy) is 2. The average molecular weight is 550 g/mol. The van der Waals surface area contributed by atoms with Gasteiger partial charge >= 0.3 is 0 Å². The van der Waals surface area contributed by atoms with Gasteiger partial charge < -0.3 is 14.8 Å². The first-order valence-electron chi connectivity index (χ1n) is 13.2. The Bertz CT molecular complexity index is 1670. The fourth-order valence-corrected chi connectivity index (χ4v) is 4.90. The van der Waals surface area contributed by atoms with Crippen LogP contribution in [0.5, 0.6) is 11.5 Å². The maximum absolute atomic E-state index is 14.3. The Hall–Kier alpha value is -5.18. The van der Waals surface area contributed by atoms with E-state index in [-0.39, 0.29) is 24.9 Å². The second-order valence-electron chi connectivity index (χ2n) is 9.47. The van der Waals surface area contributed by atoms with Gasteiger partial charge in [-0.1, -0.05) is 78.0 Å². The number of nitrogens with zero attached hydrogens (tertiary/aromatic N) is 4. The van der Waals surface area contributed by atoms with Crippen LogP contribution < -0.4 is 19.7 Å². The van der Waals surface area contributed by atoms with Gasteiger partial charge in [-0.15, -0.1) is 5.10 Å². The molecule has 0 saturated carbocycles. The van der Waals surface area contributed by atoms with Gasteiger partial charge in [-0.05, 0) is 42.3 Å². The third kappa shape index (κ3) is 5.74. The van der Waals surface area contributed by atoms with Crippen LogP contribution in [0.4, 0.5) is 5.69 Å². The lowest BCUT2D eigenvalue weighted by Crippen LogP contribution is -2.45. The molecule has 4 aromatic carbocycles. The zero-order valence-corrected chi connectivity index (χ0v) is 23.2. The standard InChI is InChI=1S/C32H31N5O4/c1-22-12-7-9-17-26(22)37(29(38)21-36-27-18-10-8-16-25(27)34-35-36)30(24-15-11-19-28(40-2)31(24)41-3)32(39)33-20-23-13-5-4-6-14-23/h4-19,30H,20-21H2,1-3H3,(H,33,39)/t30-/m0/s1. The molecule has 1 N–H and O–H groups in total. The van der Waals surface area contributed by atoms with E-state index >= 15 is 0 Å². The van der Waals surface area contributed by atoms with Crippen molar-refractivity contribution in [2.45, 2.75) is 26.1 Å². The minimum absolute atomic E-state index is 0.135. The number of benzene rings is 4. The molecule has 1 aromatic heterocycles. The molecule has 5 rings (SSSR count). The van der Waals surface area contributed by atoms with Gasteiger partial charge in [0.05, 0.1) is 19.7 Å². The second-order valence-corrected chi connectivity index (χ2v) is 9.47. The Balaban J connectivity index is 1.63. The zero-order chi connectivity index (χ0) is 28.8. The van der Waals surface area contributed by atoms with Crippen LogP contribution in [0.2, 0.25) is 0 Å². The largest absolute Gasteiger partial charge is 0.493 e. The molecule has 0 saturated heterocycles. The lowest BCUT2D eigenvalue weighted by atomic mass is 9.99. The zero-order valence-electron chi connectivity index (χ0n) is 23.2. The molecule has 9 heteroatoms. The van der Waals surface area contributed by atoms with Crippen molar-refractivity contribution in [3.63, 3.8) is 0 Å². The molecule has 2 amide bonds. The van der Waals surface area contributed by atoms with E-state index in [9.17, 15) is 9.59 Å². The van der Waals surface area contributed by atoms with Crippen molar-refractivity contribution in [2.75, 3.05) is 19.1 Å². The fourth-order valence-electron chi connectivity index (χ4n) is 4.90. The molecule has 1 atom stereocenters. The van der Waals surface area contributed by atoms with Crippen LogP contribution in [0.1, 0.15) is 22.7 Å². The number of methoxy groups -OCH3 is 2. The number of hydrogen-bond acceptors (Lipinski definition) is 6. The van der Waals surface area contributed by atoms with Crippen molar-refractivity contribution in [1.29, 1.82) is 0 Å².